The maximum atomic E-state index is 12.8. The van der Waals surface area contributed by atoms with Crippen LogP contribution in [-0.4, -0.2) is 28.9 Å². The quantitative estimate of drug-likeness (QED) is 0.867. The van der Waals surface area contributed by atoms with Crippen LogP contribution in [0.4, 0.5) is 0 Å². The van der Waals surface area contributed by atoms with Gasteiger partial charge in [0.15, 0.2) is 0 Å². The zero-order chi connectivity index (χ0) is 15.4. The topological polar surface area (TPSA) is 42.4 Å². The number of rotatable bonds is 4. The van der Waals surface area contributed by atoms with E-state index in [1.807, 2.05) is 54.3 Å². The normalized spacial score (nSPS) is 17.5. The van der Waals surface area contributed by atoms with Crippen LogP contribution in [-0.2, 0) is 0 Å². The fraction of sp³-hybridized carbons (Fsp3) is 0.333. The number of ether oxygens (including phenoxy) is 1. The largest absolute Gasteiger partial charge is 0.478 e. The van der Waals surface area contributed by atoms with Gasteiger partial charge in [-0.15, -0.1) is 0 Å². The van der Waals surface area contributed by atoms with Crippen molar-refractivity contribution in [3.8, 4) is 5.88 Å². The molecule has 1 unspecified atom stereocenters. The van der Waals surface area contributed by atoms with Gasteiger partial charge in [-0.05, 0) is 38.0 Å². The van der Waals surface area contributed by atoms with Gasteiger partial charge < -0.3 is 9.64 Å². The van der Waals surface area contributed by atoms with Gasteiger partial charge in [0.05, 0.1) is 12.6 Å². The van der Waals surface area contributed by atoms with Gasteiger partial charge in [0.2, 0.25) is 5.88 Å². The highest BCUT2D eigenvalue weighted by atomic mass is 16.5. The molecule has 0 spiro atoms. The number of carbonyl (C=O) groups excluding carboxylic acids is 1. The Morgan fingerprint density at radius 2 is 2.09 bits per heavy atom. The fourth-order valence-electron chi connectivity index (χ4n) is 2.99. The summed E-state index contributed by atoms with van der Waals surface area (Å²) in [7, 11) is 0. The highest BCUT2D eigenvalue weighted by Gasteiger charge is 2.32. The molecule has 1 amide bonds. The summed E-state index contributed by atoms with van der Waals surface area (Å²) in [4.78, 5) is 19.0. The van der Waals surface area contributed by atoms with E-state index in [0.29, 0.717) is 12.5 Å². The third-order valence-electron chi connectivity index (χ3n) is 3.98. The van der Waals surface area contributed by atoms with E-state index in [1.54, 1.807) is 6.20 Å². The number of aromatic nitrogens is 1. The van der Waals surface area contributed by atoms with Crippen molar-refractivity contribution >= 4 is 5.91 Å². The molecule has 1 aliphatic rings. The summed E-state index contributed by atoms with van der Waals surface area (Å²) in [6.07, 6.45) is 3.68. The second kappa shape index (κ2) is 6.60. The van der Waals surface area contributed by atoms with Crippen LogP contribution in [0.15, 0.2) is 48.7 Å². The molecule has 1 fully saturated rings. The van der Waals surface area contributed by atoms with Crippen LogP contribution in [0.3, 0.4) is 0 Å². The number of nitrogens with zero attached hydrogens (tertiary/aromatic N) is 2. The number of hydrogen-bond donors (Lipinski definition) is 0. The van der Waals surface area contributed by atoms with Crippen molar-refractivity contribution in [3.63, 3.8) is 0 Å². The molecule has 22 heavy (non-hydrogen) atoms. The minimum Gasteiger partial charge on any atom is -0.478 e. The molecular weight excluding hydrogens is 276 g/mol. The molecular formula is C18H20N2O2. The molecule has 3 rings (SSSR count). The maximum absolute atomic E-state index is 12.8. The Kier molecular flexibility index (Phi) is 4.37. The van der Waals surface area contributed by atoms with Crippen LogP contribution >= 0.6 is 0 Å². The Morgan fingerprint density at radius 1 is 1.27 bits per heavy atom. The van der Waals surface area contributed by atoms with Crippen LogP contribution in [0.5, 0.6) is 5.88 Å². The van der Waals surface area contributed by atoms with Gasteiger partial charge in [0.1, 0.15) is 0 Å². The summed E-state index contributed by atoms with van der Waals surface area (Å²) in [5.41, 5.74) is 1.74. The number of hydrogen-bond acceptors (Lipinski definition) is 3. The standard InChI is InChI=1S/C18H20N2O2/c1-2-22-17-15(10-6-12-19-17)16-11-7-13-20(16)18(21)14-8-4-3-5-9-14/h3-6,8-10,12,16H,2,7,11,13H2,1H3. The van der Waals surface area contributed by atoms with Gasteiger partial charge in [-0.25, -0.2) is 4.98 Å². The first kappa shape index (κ1) is 14.6. The highest BCUT2D eigenvalue weighted by molar-refractivity contribution is 5.94. The van der Waals surface area contributed by atoms with Crippen LogP contribution in [0, 0.1) is 0 Å². The molecule has 114 valence electrons. The first-order valence-corrected chi connectivity index (χ1v) is 7.75. The fourth-order valence-corrected chi connectivity index (χ4v) is 2.99. The SMILES string of the molecule is CCOc1ncccc1C1CCCN1C(=O)c1ccccc1. The lowest BCUT2D eigenvalue weighted by atomic mass is 10.1. The van der Waals surface area contributed by atoms with Crippen molar-refractivity contribution in [2.45, 2.75) is 25.8 Å². The van der Waals surface area contributed by atoms with Crippen molar-refractivity contribution in [3.05, 3.63) is 59.8 Å². The van der Waals surface area contributed by atoms with Crippen LogP contribution < -0.4 is 4.74 Å². The van der Waals surface area contributed by atoms with E-state index >= 15 is 0 Å². The molecule has 0 bridgehead atoms. The highest BCUT2D eigenvalue weighted by Crippen LogP contribution is 2.36. The molecule has 0 radical (unpaired) electrons. The number of likely N-dealkylation sites (tertiary alicyclic amines) is 1. The van der Waals surface area contributed by atoms with Gasteiger partial charge in [-0.2, -0.15) is 0 Å². The Balaban J connectivity index is 1.89. The maximum Gasteiger partial charge on any atom is 0.254 e. The summed E-state index contributed by atoms with van der Waals surface area (Å²) < 4.78 is 5.63. The Bertz CT molecular complexity index is 643. The first-order chi connectivity index (χ1) is 10.8. The Morgan fingerprint density at radius 3 is 2.86 bits per heavy atom. The first-order valence-electron chi connectivity index (χ1n) is 7.75. The molecule has 0 saturated carbocycles. The van der Waals surface area contributed by atoms with Gasteiger partial charge >= 0.3 is 0 Å². The molecule has 4 heteroatoms. The molecule has 0 aliphatic carbocycles. The number of pyridine rings is 1. The van der Waals surface area contributed by atoms with Crippen LogP contribution in [0.1, 0.15) is 41.7 Å². The molecule has 1 aliphatic heterocycles. The average molecular weight is 296 g/mol. The van der Waals surface area contributed by atoms with Crippen molar-refractivity contribution < 1.29 is 9.53 Å². The zero-order valence-corrected chi connectivity index (χ0v) is 12.7. The molecule has 1 aromatic carbocycles. The van der Waals surface area contributed by atoms with Crippen molar-refractivity contribution in [2.75, 3.05) is 13.2 Å². The third-order valence-corrected chi connectivity index (χ3v) is 3.98. The lowest BCUT2D eigenvalue weighted by Gasteiger charge is -2.26. The zero-order valence-electron chi connectivity index (χ0n) is 12.7. The molecule has 1 atom stereocenters. The van der Waals surface area contributed by atoms with Gasteiger partial charge in [0, 0.05) is 23.9 Å². The third kappa shape index (κ3) is 2.82. The second-order valence-corrected chi connectivity index (χ2v) is 5.35. The number of benzene rings is 1. The number of amides is 1. The van der Waals surface area contributed by atoms with Crippen molar-refractivity contribution in [2.24, 2.45) is 0 Å². The van der Waals surface area contributed by atoms with Crippen molar-refractivity contribution in [1.29, 1.82) is 0 Å². The van der Waals surface area contributed by atoms with E-state index in [1.165, 1.54) is 0 Å². The molecule has 4 nitrogen and oxygen atoms in total. The summed E-state index contributed by atoms with van der Waals surface area (Å²) >= 11 is 0. The lowest BCUT2D eigenvalue weighted by Crippen LogP contribution is -2.30. The molecule has 1 saturated heterocycles. The van der Waals surface area contributed by atoms with Crippen LogP contribution in [0.25, 0.3) is 0 Å². The van der Waals surface area contributed by atoms with Gasteiger partial charge in [-0.3, -0.25) is 4.79 Å². The van der Waals surface area contributed by atoms with E-state index in [9.17, 15) is 4.79 Å². The Labute approximate surface area is 130 Å². The van der Waals surface area contributed by atoms with E-state index in [0.717, 1.165) is 30.5 Å². The van der Waals surface area contributed by atoms with E-state index in [-0.39, 0.29) is 11.9 Å². The smallest absolute Gasteiger partial charge is 0.254 e. The monoisotopic (exact) mass is 296 g/mol. The van der Waals surface area contributed by atoms with E-state index < -0.39 is 0 Å². The minimum absolute atomic E-state index is 0.0444. The predicted octanol–water partition coefficient (Wildman–Crippen LogP) is 3.46. The minimum atomic E-state index is 0.0444. The molecule has 2 heterocycles. The van der Waals surface area contributed by atoms with E-state index in [4.69, 9.17) is 4.74 Å². The second-order valence-electron chi connectivity index (χ2n) is 5.35. The van der Waals surface area contributed by atoms with Gasteiger partial charge in [-0.1, -0.05) is 24.3 Å². The van der Waals surface area contributed by atoms with Crippen LogP contribution in [0.2, 0.25) is 0 Å². The number of carbonyl (C=O) groups is 1. The molecule has 1 aromatic heterocycles. The summed E-state index contributed by atoms with van der Waals surface area (Å²) in [6.45, 7) is 3.29. The average Bonchev–Trinajstić information content (AvgIpc) is 3.05. The predicted molar refractivity (Wildman–Crippen MR) is 84.9 cm³/mol. The molecule has 0 N–H and O–H groups in total. The molecule has 2 aromatic rings. The lowest BCUT2D eigenvalue weighted by molar-refractivity contribution is 0.0733. The Hall–Kier alpha value is -2.36. The summed E-state index contributed by atoms with van der Waals surface area (Å²) in [6, 6.07) is 13.4. The van der Waals surface area contributed by atoms with Gasteiger partial charge in [0.25, 0.3) is 5.91 Å². The van der Waals surface area contributed by atoms with E-state index in [2.05, 4.69) is 4.98 Å². The summed E-state index contributed by atoms with van der Waals surface area (Å²) in [5.74, 6) is 0.720. The van der Waals surface area contributed by atoms with Crippen molar-refractivity contribution in [1.82, 2.24) is 9.88 Å². The summed E-state index contributed by atoms with van der Waals surface area (Å²) in [5, 5.41) is 0.